The van der Waals surface area contributed by atoms with E-state index >= 15 is 0 Å². The molecule has 1 aromatic rings. The highest BCUT2D eigenvalue weighted by atomic mass is 17.2. The van der Waals surface area contributed by atoms with E-state index in [-0.39, 0.29) is 12.2 Å². The zero-order valence-electron chi connectivity index (χ0n) is 8.84. The summed E-state index contributed by atoms with van der Waals surface area (Å²) in [5, 5.41) is 0. The Balaban J connectivity index is 2.12. The molecule has 0 saturated heterocycles. The van der Waals surface area contributed by atoms with Crippen LogP contribution in [-0.2, 0) is 9.78 Å². The third-order valence-electron chi connectivity index (χ3n) is 2.31. The summed E-state index contributed by atoms with van der Waals surface area (Å²) >= 11 is 0. The second-order valence-electron chi connectivity index (χ2n) is 3.48. The number of hydrogen-bond donors (Lipinski definition) is 0. The largest absolute Gasteiger partial charge is 0.497 e. The molecule has 0 bridgehead atoms. The predicted octanol–water partition coefficient (Wildman–Crippen LogP) is 2.64. The average molecular weight is 206 g/mol. The van der Waals surface area contributed by atoms with Crippen LogP contribution < -0.4 is 4.74 Å². The van der Waals surface area contributed by atoms with Crippen molar-refractivity contribution in [3.8, 4) is 5.75 Å². The van der Waals surface area contributed by atoms with E-state index in [0.717, 1.165) is 11.3 Å². The molecule has 0 radical (unpaired) electrons. The van der Waals surface area contributed by atoms with Gasteiger partial charge in [-0.25, -0.2) is 9.78 Å². The number of ether oxygens (including phenoxy) is 1. The predicted molar refractivity (Wildman–Crippen MR) is 56.5 cm³/mol. The molecule has 1 heterocycles. The molecule has 15 heavy (non-hydrogen) atoms. The molecule has 0 aromatic heterocycles. The van der Waals surface area contributed by atoms with Gasteiger partial charge in [0.05, 0.1) is 7.11 Å². The Kier molecular flexibility index (Phi) is 3.04. The third-order valence-corrected chi connectivity index (χ3v) is 2.31. The molecule has 3 heteroatoms. The molecule has 0 amide bonds. The van der Waals surface area contributed by atoms with Gasteiger partial charge in [-0.15, -0.1) is 0 Å². The van der Waals surface area contributed by atoms with Crippen LogP contribution in [-0.4, -0.2) is 13.2 Å². The second-order valence-corrected chi connectivity index (χ2v) is 3.48. The maximum absolute atomic E-state index is 5.22. The molecule has 2 atom stereocenters. The maximum atomic E-state index is 5.22. The fourth-order valence-corrected chi connectivity index (χ4v) is 1.43. The van der Waals surface area contributed by atoms with Crippen LogP contribution in [0.2, 0.25) is 0 Å². The fourth-order valence-electron chi connectivity index (χ4n) is 1.43. The monoisotopic (exact) mass is 206 g/mol. The van der Waals surface area contributed by atoms with Crippen molar-refractivity contribution in [1.82, 2.24) is 0 Å². The highest BCUT2D eigenvalue weighted by Crippen LogP contribution is 2.25. The number of rotatable bonds is 2. The van der Waals surface area contributed by atoms with Crippen molar-refractivity contribution in [3.05, 3.63) is 42.0 Å². The lowest BCUT2D eigenvalue weighted by atomic mass is 10.1. The van der Waals surface area contributed by atoms with Crippen LogP contribution >= 0.6 is 0 Å². The van der Waals surface area contributed by atoms with E-state index in [1.165, 1.54) is 0 Å². The van der Waals surface area contributed by atoms with E-state index in [1.807, 2.05) is 43.3 Å². The molecule has 0 N–H and O–H groups in total. The Labute approximate surface area is 89.2 Å². The standard InChI is InChI=1S/C12H14O3/c1-9-3-8-12(15-14-9)10-4-6-11(13-2)7-5-10/h3-9,12H,1-2H3. The van der Waals surface area contributed by atoms with E-state index in [9.17, 15) is 0 Å². The normalized spacial score (nSPS) is 25.2. The van der Waals surface area contributed by atoms with Gasteiger partial charge in [0.25, 0.3) is 0 Å². The van der Waals surface area contributed by atoms with Crippen molar-refractivity contribution in [2.75, 3.05) is 7.11 Å². The van der Waals surface area contributed by atoms with Crippen molar-refractivity contribution >= 4 is 0 Å². The quantitative estimate of drug-likeness (QED) is 0.550. The molecule has 1 aliphatic heterocycles. The molecule has 0 aliphatic carbocycles. The van der Waals surface area contributed by atoms with E-state index < -0.39 is 0 Å². The van der Waals surface area contributed by atoms with Crippen LogP contribution in [0.1, 0.15) is 18.6 Å². The summed E-state index contributed by atoms with van der Waals surface area (Å²) < 4.78 is 5.08. The summed E-state index contributed by atoms with van der Waals surface area (Å²) in [5.74, 6) is 0.841. The van der Waals surface area contributed by atoms with Gasteiger partial charge in [-0.05, 0) is 30.7 Å². The molecule has 0 saturated carbocycles. The van der Waals surface area contributed by atoms with Crippen molar-refractivity contribution in [3.63, 3.8) is 0 Å². The van der Waals surface area contributed by atoms with Gasteiger partial charge >= 0.3 is 0 Å². The Hall–Kier alpha value is -1.32. The summed E-state index contributed by atoms with van der Waals surface area (Å²) in [7, 11) is 1.65. The Morgan fingerprint density at radius 1 is 1.07 bits per heavy atom. The van der Waals surface area contributed by atoms with Crippen LogP contribution in [0, 0.1) is 0 Å². The van der Waals surface area contributed by atoms with Crippen LogP contribution in [0.25, 0.3) is 0 Å². The molecule has 0 spiro atoms. The second kappa shape index (κ2) is 4.47. The van der Waals surface area contributed by atoms with Crippen LogP contribution in [0.15, 0.2) is 36.4 Å². The maximum Gasteiger partial charge on any atom is 0.136 e. The van der Waals surface area contributed by atoms with Gasteiger partial charge in [0.15, 0.2) is 0 Å². The summed E-state index contributed by atoms with van der Waals surface area (Å²) in [6.07, 6.45) is 3.89. The van der Waals surface area contributed by atoms with Crippen LogP contribution in [0.4, 0.5) is 0 Å². The molecule has 2 rings (SSSR count). The highest BCUT2D eigenvalue weighted by molar-refractivity contribution is 5.30. The molecule has 0 fully saturated rings. The minimum absolute atomic E-state index is 0.0273. The first kappa shape index (κ1) is 10.2. The molecule has 1 aromatic carbocycles. The van der Waals surface area contributed by atoms with Gasteiger partial charge in [0.2, 0.25) is 0 Å². The van der Waals surface area contributed by atoms with Crippen LogP contribution in [0.5, 0.6) is 5.75 Å². The summed E-state index contributed by atoms with van der Waals surface area (Å²) in [6.45, 7) is 1.93. The Bertz CT molecular complexity index is 342. The van der Waals surface area contributed by atoms with Crippen molar-refractivity contribution < 1.29 is 14.5 Å². The lowest BCUT2D eigenvalue weighted by molar-refractivity contribution is -0.339. The van der Waals surface area contributed by atoms with Crippen molar-refractivity contribution in [2.45, 2.75) is 19.1 Å². The third kappa shape index (κ3) is 2.37. The minimum Gasteiger partial charge on any atom is -0.497 e. The Morgan fingerprint density at radius 2 is 1.80 bits per heavy atom. The summed E-state index contributed by atoms with van der Waals surface area (Å²) in [5.41, 5.74) is 1.05. The smallest absolute Gasteiger partial charge is 0.136 e. The van der Waals surface area contributed by atoms with Crippen molar-refractivity contribution in [2.24, 2.45) is 0 Å². The lowest BCUT2D eigenvalue weighted by Crippen LogP contribution is -2.14. The highest BCUT2D eigenvalue weighted by Gasteiger charge is 2.15. The molecular formula is C12H14O3. The number of benzene rings is 1. The molecule has 80 valence electrons. The molecule has 2 unspecified atom stereocenters. The topological polar surface area (TPSA) is 27.7 Å². The first-order valence-electron chi connectivity index (χ1n) is 4.94. The van der Waals surface area contributed by atoms with Gasteiger partial charge < -0.3 is 4.74 Å². The summed E-state index contributed by atoms with van der Waals surface area (Å²) in [6, 6.07) is 7.75. The number of hydrogen-bond acceptors (Lipinski definition) is 3. The van der Waals surface area contributed by atoms with Gasteiger partial charge in [-0.2, -0.15) is 0 Å². The van der Waals surface area contributed by atoms with E-state index in [4.69, 9.17) is 14.5 Å². The molecule has 1 aliphatic rings. The Morgan fingerprint density at radius 3 is 2.33 bits per heavy atom. The average Bonchev–Trinajstić information content (AvgIpc) is 2.30. The van der Waals surface area contributed by atoms with Gasteiger partial charge in [0, 0.05) is 0 Å². The first-order valence-corrected chi connectivity index (χ1v) is 4.94. The zero-order chi connectivity index (χ0) is 10.7. The van der Waals surface area contributed by atoms with E-state index in [0.29, 0.717) is 0 Å². The van der Waals surface area contributed by atoms with Crippen molar-refractivity contribution in [1.29, 1.82) is 0 Å². The van der Waals surface area contributed by atoms with E-state index in [1.54, 1.807) is 7.11 Å². The lowest BCUT2D eigenvalue weighted by Gasteiger charge is -2.20. The fraction of sp³-hybridized carbons (Fsp3) is 0.333. The zero-order valence-corrected chi connectivity index (χ0v) is 8.84. The number of methoxy groups -OCH3 is 1. The van der Waals surface area contributed by atoms with Gasteiger partial charge in [-0.1, -0.05) is 18.2 Å². The minimum atomic E-state index is -0.118. The van der Waals surface area contributed by atoms with Gasteiger partial charge in [-0.3, -0.25) is 0 Å². The van der Waals surface area contributed by atoms with Crippen LogP contribution in [0.3, 0.4) is 0 Å². The molecule has 3 nitrogen and oxygen atoms in total. The molecular weight excluding hydrogens is 192 g/mol. The first-order chi connectivity index (χ1) is 7.29. The van der Waals surface area contributed by atoms with E-state index in [2.05, 4.69) is 0 Å². The van der Waals surface area contributed by atoms with Gasteiger partial charge in [0.1, 0.15) is 18.0 Å². The SMILES string of the molecule is COc1ccc(C2C=CC(C)OO2)cc1. The summed E-state index contributed by atoms with van der Waals surface area (Å²) in [4.78, 5) is 10.3.